The monoisotopic (exact) mass is 349 g/mol. The van der Waals surface area contributed by atoms with E-state index in [0.29, 0.717) is 31.0 Å². The fourth-order valence-electron chi connectivity index (χ4n) is 2.90. The minimum atomic E-state index is -0.774. The summed E-state index contributed by atoms with van der Waals surface area (Å²) in [5.41, 5.74) is 0.794. The van der Waals surface area contributed by atoms with E-state index in [1.807, 2.05) is 0 Å². The van der Waals surface area contributed by atoms with Gasteiger partial charge in [0.25, 0.3) is 0 Å². The number of nitrogens with zero attached hydrogens (tertiary/aromatic N) is 1. The Morgan fingerprint density at radius 3 is 2.48 bits per heavy atom. The number of ether oxygens (including phenoxy) is 3. The molecule has 2 rings (SSSR count). The lowest BCUT2D eigenvalue weighted by molar-refractivity contribution is -0.149. The summed E-state index contributed by atoms with van der Waals surface area (Å²) in [4.78, 5) is 37.9. The molecule has 1 aromatic rings. The van der Waals surface area contributed by atoms with E-state index in [4.69, 9.17) is 9.47 Å². The standard InChI is InChI=1S/C18H23NO6/c1-23-15-5-4-12(10-16(15)24-2)11-17(21)19-8-6-13(18(22)25-3)14(20)7-9-19/h4-5,10,13H,6-9,11H2,1-3H3. The van der Waals surface area contributed by atoms with Gasteiger partial charge in [-0.25, -0.2) is 0 Å². The second kappa shape index (κ2) is 8.50. The third-order valence-electron chi connectivity index (χ3n) is 4.35. The molecular formula is C18H23NO6. The molecule has 1 heterocycles. The van der Waals surface area contributed by atoms with Crippen molar-refractivity contribution < 1.29 is 28.6 Å². The SMILES string of the molecule is COC(=O)C1CCN(C(=O)Cc2ccc(OC)c(OC)c2)CCC1=O. The molecule has 0 saturated carbocycles. The van der Waals surface area contributed by atoms with Crippen LogP contribution in [0.15, 0.2) is 18.2 Å². The maximum atomic E-state index is 12.6. The van der Waals surface area contributed by atoms with Crippen molar-refractivity contribution in [1.82, 2.24) is 4.90 Å². The van der Waals surface area contributed by atoms with Crippen molar-refractivity contribution in [2.24, 2.45) is 5.92 Å². The van der Waals surface area contributed by atoms with Crippen LogP contribution in [0.4, 0.5) is 0 Å². The summed E-state index contributed by atoms with van der Waals surface area (Å²) in [5.74, 6) is -0.411. The Hall–Kier alpha value is -2.57. The zero-order valence-electron chi connectivity index (χ0n) is 14.7. The van der Waals surface area contributed by atoms with E-state index in [0.717, 1.165) is 5.56 Å². The van der Waals surface area contributed by atoms with Gasteiger partial charge in [-0.15, -0.1) is 0 Å². The first-order chi connectivity index (χ1) is 12.0. The molecule has 1 aliphatic rings. The lowest BCUT2D eigenvalue weighted by Gasteiger charge is -2.20. The molecule has 7 nitrogen and oxygen atoms in total. The van der Waals surface area contributed by atoms with Gasteiger partial charge in [0.2, 0.25) is 5.91 Å². The molecule has 7 heteroatoms. The van der Waals surface area contributed by atoms with Crippen molar-refractivity contribution in [2.45, 2.75) is 19.3 Å². The minimum absolute atomic E-state index is 0.0921. The highest BCUT2D eigenvalue weighted by molar-refractivity contribution is 5.99. The number of likely N-dealkylation sites (tertiary alicyclic amines) is 1. The summed E-state index contributed by atoms with van der Waals surface area (Å²) in [6.07, 6.45) is 0.651. The van der Waals surface area contributed by atoms with E-state index in [2.05, 4.69) is 4.74 Å². The van der Waals surface area contributed by atoms with Gasteiger partial charge in [-0.1, -0.05) is 6.07 Å². The van der Waals surface area contributed by atoms with Crippen molar-refractivity contribution in [3.8, 4) is 11.5 Å². The van der Waals surface area contributed by atoms with Crippen LogP contribution in [-0.2, 0) is 25.5 Å². The second-order valence-corrected chi connectivity index (χ2v) is 5.83. The molecule has 1 unspecified atom stereocenters. The van der Waals surface area contributed by atoms with E-state index in [1.54, 1.807) is 30.2 Å². The van der Waals surface area contributed by atoms with Crippen LogP contribution in [0.25, 0.3) is 0 Å². The molecule has 1 atom stereocenters. The number of ketones is 1. The van der Waals surface area contributed by atoms with Crippen LogP contribution in [-0.4, -0.2) is 57.0 Å². The molecule has 1 aromatic carbocycles. The Bertz CT molecular complexity index is 657. The van der Waals surface area contributed by atoms with Gasteiger partial charge in [0, 0.05) is 19.5 Å². The van der Waals surface area contributed by atoms with Crippen LogP contribution in [0.3, 0.4) is 0 Å². The van der Waals surface area contributed by atoms with Crippen LogP contribution in [0.1, 0.15) is 18.4 Å². The Kier molecular flexibility index (Phi) is 6.38. The Balaban J connectivity index is 2.04. The number of amides is 1. The number of benzene rings is 1. The normalized spacial score (nSPS) is 17.6. The highest BCUT2D eigenvalue weighted by atomic mass is 16.5. The number of hydrogen-bond donors (Lipinski definition) is 0. The zero-order valence-corrected chi connectivity index (χ0v) is 14.7. The molecule has 0 N–H and O–H groups in total. The van der Waals surface area contributed by atoms with Crippen molar-refractivity contribution >= 4 is 17.7 Å². The highest BCUT2D eigenvalue weighted by Crippen LogP contribution is 2.28. The second-order valence-electron chi connectivity index (χ2n) is 5.83. The van der Waals surface area contributed by atoms with Crippen molar-refractivity contribution in [2.75, 3.05) is 34.4 Å². The van der Waals surface area contributed by atoms with Crippen LogP contribution >= 0.6 is 0 Å². The summed E-state index contributed by atoms with van der Waals surface area (Å²) >= 11 is 0. The summed E-state index contributed by atoms with van der Waals surface area (Å²) in [5, 5.41) is 0. The van der Waals surface area contributed by atoms with E-state index in [9.17, 15) is 14.4 Å². The quantitative estimate of drug-likeness (QED) is 0.587. The smallest absolute Gasteiger partial charge is 0.316 e. The van der Waals surface area contributed by atoms with Gasteiger partial charge in [-0.05, 0) is 24.1 Å². The number of methoxy groups -OCH3 is 3. The van der Waals surface area contributed by atoms with E-state index >= 15 is 0 Å². The Morgan fingerprint density at radius 2 is 1.84 bits per heavy atom. The van der Waals surface area contributed by atoms with Gasteiger partial charge in [-0.2, -0.15) is 0 Å². The highest BCUT2D eigenvalue weighted by Gasteiger charge is 2.32. The van der Waals surface area contributed by atoms with E-state index in [-0.39, 0.29) is 24.5 Å². The van der Waals surface area contributed by atoms with Crippen molar-refractivity contribution in [3.05, 3.63) is 23.8 Å². The molecule has 0 spiro atoms. The number of esters is 1. The van der Waals surface area contributed by atoms with E-state index < -0.39 is 11.9 Å². The van der Waals surface area contributed by atoms with Crippen LogP contribution in [0.2, 0.25) is 0 Å². The van der Waals surface area contributed by atoms with Gasteiger partial charge in [-0.3, -0.25) is 14.4 Å². The maximum Gasteiger partial charge on any atom is 0.316 e. The van der Waals surface area contributed by atoms with Gasteiger partial charge < -0.3 is 19.1 Å². The molecule has 0 radical (unpaired) electrons. The summed E-state index contributed by atoms with van der Waals surface area (Å²) in [6, 6.07) is 5.32. The molecule has 0 bridgehead atoms. The summed E-state index contributed by atoms with van der Waals surface area (Å²) < 4.78 is 15.1. The Morgan fingerprint density at radius 1 is 1.12 bits per heavy atom. The Labute approximate surface area is 146 Å². The fourth-order valence-corrected chi connectivity index (χ4v) is 2.90. The van der Waals surface area contributed by atoms with E-state index in [1.165, 1.54) is 14.2 Å². The first kappa shape index (κ1) is 18.8. The molecule has 1 saturated heterocycles. The molecule has 1 fully saturated rings. The third kappa shape index (κ3) is 4.49. The van der Waals surface area contributed by atoms with Crippen LogP contribution in [0.5, 0.6) is 11.5 Å². The first-order valence-electron chi connectivity index (χ1n) is 8.09. The fraction of sp³-hybridized carbons (Fsp3) is 0.500. The average Bonchev–Trinajstić information content (AvgIpc) is 2.82. The van der Waals surface area contributed by atoms with Crippen molar-refractivity contribution in [1.29, 1.82) is 0 Å². The topological polar surface area (TPSA) is 82.1 Å². The van der Waals surface area contributed by atoms with Crippen molar-refractivity contribution in [3.63, 3.8) is 0 Å². The molecule has 136 valence electrons. The minimum Gasteiger partial charge on any atom is -0.493 e. The zero-order chi connectivity index (χ0) is 18.4. The molecular weight excluding hydrogens is 326 g/mol. The lowest BCUT2D eigenvalue weighted by Crippen LogP contribution is -2.33. The molecule has 1 aliphatic heterocycles. The molecule has 0 aliphatic carbocycles. The van der Waals surface area contributed by atoms with Gasteiger partial charge in [0.1, 0.15) is 11.7 Å². The third-order valence-corrected chi connectivity index (χ3v) is 4.35. The first-order valence-corrected chi connectivity index (χ1v) is 8.09. The number of Topliss-reactive ketones (excluding diaryl/α,β-unsaturated/α-hetero) is 1. The average molecular weight is 349 g/mol. The van der Waals surface area contributed by atoms with Crippen LogP contribution in [0, 0.1) is 5.92 Å². The molecule has 25 heavy (non-hydrogen) atoms. The molecule has 1 amide bonds. The maximum absolute atomic E-state index is 12.6. The predicted octanol–water partition coefficient (Wildman–Crippen LogP) is 1.23. The van der Waals surface area contributed by atoms with Gasteiger partial charge in [0.15, 0.2) is 11.5 Å². The number of hydrogen-bond acceptors (Lipinski definition) is 6. The number of carbonyl (C=O) groups excluding carboxylic acids is 3. The summed E-state index contributed by atoms with van der Waals surface area (Å²) in [6.45, 7) is 0.677. The predicted molar refractivity (Wildman–Crippen MR) is 89.6 cm³/mol. The summed E-state index contributed by atoms with van der Waals surface area (Å²) in [7, 11) is 4.35. The largest absolute Gasteiger partial charge is 0.493 e. The number of rotatable bonds is 5. The lowest BCUT2D eigenvalue weighted by atomic mass is 10.00. The number of carbonyl (C=O) groups is 3. The van der Waals surface area contributed by atoms with Crippen LogP contribution < -0.4 is 9.47 Å². The van der Waals surface area contributed by atoms with Gasteiger partial charge >= 0.3 is 5.97 Å². The molecule has 0 aromatic heterocycles. The van der Waals surface area contributed by atoms with Gasteiger partial charge in [0.05, 0.1) is 27.8 Å².